The van der Waals surface area contributed by atoms with Crippen molar-refractivity contribution in [1.29, 1.82) is 0 Å². The molecule has 11 atom stereocenters. The largest absolute Gasteiger partial charge is 0.389 e. The van der Waals surface area contributed by atoms with Gasteiger partial charge in [0.15, 0.2) is 4.87 Å². The number of para-hydroxylation sites is 2. The molecular weight excluding hydrogens is 709 g/mol. The van der Waals surface area contributed by atoms with Gasteiger partial charge in [-0.15, -0.1) is 0 Å². The van der Waals surface area contributed by atoms with E-state index >= 15 is 0 Å². The highest BCUT2D eigenvalue weighted by atomic mass is 33.1. The van der Waals surface area contributed by atoms with Gasteiger partial charge in [-0.2, -0.15) is 0 Å². The molecule has 13 nitrogen and oxygen atoms in total. The monoisotopic (exact) mass is 740 g/mol. The number of aliphatic hydroxyl groups excluding tert-OH is 3. The third kappa shape index (κ3) is 2.63. The van der Waals surface area contributed by atoms with E-state index in [4.69, 9.17) is 0 Å². The zero-order valence-corrected chi connectivity index (χ0v) is 29.9. The summed E-state index contributed by atoms with van der Waals surface area (Å²) in [5.74, 6) is -1.89. The van der Waals surface area contributed by atoms with E-state index in [1.165, 1.54) is 44.4 Å². The van der Waals surface area contributed by atoms with Crippen molar-refractivity contribution in [1.82, 2.24) is 19.6 Å². The Morgan fingerprint density at radius 1 is 0.714 bits per heavy atom. The van der Waals surface area contributed by atoms with Gasteiger partial charge in [0.1, 0.15) is 24.5 Å². The molecule has 10 heterocycles. The van der Waals surface area contributed by atoms with Gasteiger partial charge in [-0.25, -0.2) is 0 Å². The summed E-state index contributed by atoms with van der Waals surface area (Å²) >= 11 is 0. The van der Waals surface area contributed by atoms with Crippen LogP contribution in [0.5, 0.6) is 0 Å². The van der Waals surface area contributed by atoms with Crippen LogP contribution in [-0.2, 0) is 30.0 Å². The SMILES string of the molecule is CC[C@@]12SS[C@]3(C(=O)N1C)[C@@H](O)[C@]1([C@@]45c6ccccc6N[C@@H]4N4C(=O)[C@]6([C@H](C)O)SS[C@]4(C(=O)N6C)[C@H]5O)c4ccccc4N[C@@H]1N3C2=O. The van der Waals surface area contributed by atoms with E-state index in [1.54, 1.807) is 13.1 Å². The molecule has 10 aliphatic heterocycles. The van der Waals surface area contributed by atoms with Gasteiger partial charge in [-0.1, -0.05) is 54.1 Å². The summed E-state index contributed by atoms with van der Waals surface area (Å²) in [7, 11) is 7.57. The van der Waals surface area contributed by atoms with Crippen LogP contribution < -0.4 is 10.6 Å². The van der Waals surface area contributed by atoms with Crippen LogP contribution in [0.15, 0.2) is 48.5 Å². The van der Waals surface area contributed by atoms with E-state index in [9.17, 15) is 34.5 Å². The molecule has 5 N–H and O–H groups in total. The second-order valence-corrected chi connectivity index (χ2v) is 19.3. The van der Waals surface area contributed by atoms with Crippen LogP contribution >= 0.6 is 43.2 Å². The van der Waals surface area contributed by atoms with E-state index in [0.717, 1.165) is 32.4 Å². The zero-order chi connectivity index (χ0) is 34.4. The molecule has 0 aliphatic carbocycles. The first-order chi connectivity index (χ1) is 23.3. The molecule has 0 aromatic heterocycles. The van der Waals surface area contributed by atoms with Gasteiger partial charge in [0, 0.05) is 25.5 Å². The number of aliphatic hydroxyl groups is 3. The Labute approximate surface area is 296 Å². The van der Waals surface area contributed by atoms with Crippen LogP contribution in [0.3, 0.4) is 0 Å². The Balaban J connectivity index is 1.34. The standard InChI is InChI=1S/C32H32N6O7S4/c1-5-27-23(42)37-21-28(15-10-6-8-12-17(15)33-21,19(40)31(37,48-46-27)24(43)35(27)3)29-16-11-7-9-13-18(16)34-22(29)38-26(45)30(14(2)39)36(4)25(44)32(38,20(29)41)49-47-30/h6-14,19-22,33-34,39-41H,5H2,1-4H3/t14-,19-,20-,21+,22+,27-,28+,29+,30-,31-,32-/m0/s1. The normalized spacial score (nSPS) is 45.5. The maximum absolute atomic E-state index is 15.0. The van der Waals surface area contributed by atoms with Crippen LogP contribution in [0, 0.1) is 0 Å². The summed E-state index contributed by atoms with van der Waals surface area (Å²) < 4.78 is 0. The third-order valence-corrected chi connectivity index (χ3v) is 20.2. The van der Waals surface area contributed by atoms with Gasteiger partial charge in [-0.05, 0) is 69.0 Å². The van der Waals surface area contributed by atoms with Gasteiger partial charge in [0.2, 0.25) is 14.6 Å². The summed E-state index contributed by atoms with van der Waals surface area (Å²) in [6, 6.07) is 14.6. The highest BCUT2D eigenvalue weighted by molar-refractivity contribution is 8.78. The van der Waals surface area contributed by atoms with Gasteiger partial charge in [0.05, 0.1) is 16.9 Å². The minimum Gasteiger partial charge on any atom is -0.389 e. The van der Waals surface area contributed by atoms with Gasteiger partial charge in [-0.3, -0.25) is 29.0 Å². The molecule has 17 heteroatoms. The fourth-order valence-electron chi connectivity index (χ4n) is 10.6. The average Bonchev–Trinajstić information content (AvgIpc) is 3.75. The molecule has 4 amide bonds. The molecule has 8 saturated heterocycles. The van der Waals surface area contributed by atoms with Crippen molar-refractivity contribution in [2.24, 2.45) is 0 Å². The lowest BCUT2D eigenvalue weighted by Crippen LogP contribution is -2.80. The van der Waals surface area contributed by atoms with Crippen molar-refractivity contribution in [3.05, 3.63) is 59.7 Å². The van der Waals surface area contributed by atoms with Crippen LogP contribution in [0.4, 0.5) is 11.4 Å². The number of carbonyl (C=O) groups is 4. The number of benzene rings is 2. The predicted octanol–water partition coefficient (Wildman–Crippen LogP) is 1.08. The second-order valence-electron chi connectivity index (χ2n) is 14.0. The number of anilines is 2. The Kier molecular flexibility index (Phi) is 5.67. The Hall–Kier alpha value is -2.80. The predicted molar refractivity (Wildman–Crippen MR) is 186 cm³/mol. The quantitative estimate of drug-likeness (QED) is 0.284. The summed E-state index contributed by atoms with van der Waals surface area (Å²) in [6.07, 6.45) is -6.48. The van der Waals surface area contributed by atoms with Gasteiger partial charge < -0.3 is 35.8 Å². The second kappa shape index (κ2) is 8.97. The summed E-state index contributed by atoms with van der Waals surface area (Å²) in [5, 5.41) is 45.0. The molecule has 0 unspecified atom stereocenters. The molecule has 49 heavy (non-hydrogen) atoms. The summed E-state index contributed by atoms with van der Waals surface area (Å²) in [4.78, 5) is 58.4. The highest BCUT2D eigenvalue weighted by Gasteiger charge is 2.93. The number of rotatable bonds is 3. The number of likely N-dealkylation sites (N-methyl/N-ethyl adjacent to an activating group) is 2. The number of carbonyl (C=O) groups excluding carboxylic acids is 4. The molecule has 256 valence electrons. The Bertz CT molecular complexity index is 1980. The Morgan fingerprint density at radius 3 is 1.69 bits per heavy atom. The first-order valence-corrected chi connectivity index (χ1v) is 20.4. The number of nitrogens with zero attached hydrogens (tertiary/aromatic N) is 4. The van der Waals surface area contributed by atoms with Crippen molar-refractivity contribution in [3.8, 4) is 0 Å². The zero-order valence-electron chi connectivity index (χ0n) is 26.6. The van der Waals surface area contributed by atoms with Crippen molar-refractivity contribution >= 4 is 78.2 Å². The molecule has 2 aromatic rings. The molecule has 12 rings (SSSR count). The smallest absolute Gasteiger partial charge is 0.266 e. The lowest BCUT2D eigenvalue weighted by Gasteiger charge is -2.59. The topological polar surface area (TPSA) is 166 Å². The molecule has 8 fully saturated rings. The average molecular weight is 741 g/mol. The molecule has 0 radical (unpaired) electrons. The number of piperazine rings is 2. The highest BCUT2D eigenvalue weighted by Crippen LogP contribution is 2.78. The molecule has 2 spiro atoms. The van der Waals surface area contributed by atoms with Crippen molar-refractivity contribution < 1.29 is 34.5 Å². The van der Waals surface area contributed by atoms with Crippen molar-refractivity contribution in [3.63, 3.8) is 0 Å². The fraction of sp³-hybridized carbons (Fsp3) is 0.500. The van der Waals surface area contributed by atoms with E-state index < -0.39 is 78.7 Å². The van der Waals surface area contributed by atoms with Crippen LogP contribution in [-0.4, -0.2) is 123 Å². The summed E-state index contributed by atoms with van der Waals surface area (Å²) in [6.45, 7) is 3.32. The molecular formula is C32H32N6O7S4. The van der Waals surface area contributed by atoms with Crippen molar-refractivity contribution in [2.45, 2.75) is 81.2 Å². The van der Waals surface area contributed by atoms with Gasteiger partial charge >= 0.3 is 0 Å². The number of fused-ring (bicyclic) bond motifs is 11. The molecule has 4 bridgehead atoms. The van der Waals surface area contributed by atoms with E-state index in [-0.39, 0.29) is 5.91 Å². The lowest BCUT2D eigenvalue weighted by atomic mass is 9.52. The van der Waals surface area contributed by atoms with Crippen LogP contribution in [0.25, 0.3) is 0 Å². The van der Waals surface area contributed by atoms with E-state index in [1.807, 2.05) is 49.4 Å². The van der Waals surface area contributed by atoms with Crippen molar-refractivity contribution in [2.75, 3.05) is 24.7 Å². The van der Waals surface area contributed by atoms with Gasteiger partial charge in [0.25, 0.3) is 23.6 Å². The Morgan fingerprint density at radius 2 is 1.18 bits per heavy atom. The minimum absolute atomic E-state index is 0.323. The maximum atomic E-state index is 15.0. The fourth-order valence-corrected chi connectivity index (χ4v) is 18.5. The van der Waals surface area contributed by atoms with E-state index in [0.29, 0.717) is 28.9 Å². The maximum Gasteiger partial charge on any atom is 0.266 e. The molecule has 10 aliphatic rings. The third-order valence-electron chi connectivity index (χ3n) is 12.7. The number of amides is 4. The van der Waals surface area contributed by atoms with Crippen LogP contribution in [0.2, 0.25) is 0 Å². The number of hydrogen-bond acceptors (Lipinski definition) is 13. The summed E-state index contributed by atoms with van der Waals surface area (Å²) in [5.41, 5.74) is -1.13. The first kappa shape index (κ1) is 31.0. The lowest BCUT2D eigenvalue weighted by molar-refractivity contribution is -0.172. The van der Waals surface area contributed by atoms with E-state index in [2.05, 4.69) is 10.6 Å². The number of nitrogens with one attached hydrogen (secondary N) is 2. The molecule has 2 aromatic carbocycles. The molecule has 0 saturated carbocycles. The van der Waals surface area contributed by atoms with Crippen LogP contribution in [0.1, 0.15) is 31.4 Å². The first-order valence-electron chi connectivity index (χ1n) is 16.1. The minimum atomic E-state index is -1.88. The number of hydrogen-bond donors (Lipinski definition) is 5.